The first kappa shape index (κ1) is 11.8. The van der Waals surface area contributed by atoms with Crippen molar-refractivity contribution in [1.82, 2.24) is 0 Å². The summed E-state index contributed by atoms with van der Waals surface area (Å²) < 4.78 is 0. The molecule has 0 aromatic heterocycles. The molecule has 2 unspecified atom stereocenters. The first-order valence-corrected chi connectivity index (χ1v) is 6.06. The second-order valence-corrected chi connectivity index (χ2v) is 4.83. The van der Waals surface area contributed by atoms with Crippen LogP contribution in [0, 0.1) is 5.92 Å². The molecule has 4 N–H and O–H groups in total. The van der Waals surface area contributed by atoms with E-state index in [0.717, 1.165) is 17.3 Å². The van der Waals surface area contributed by atoms with Gasteiger partial charge in [0.1, 0.15) is 0 Å². The second kappa shape index (κ2) is 5.08. The smallest absolute Gasteiger partial charge is 0.316 e. The topological polar surface area (TPSA) is 67.2 Å². The molecule has 92 valence electrons. The van der Waals surface area contributed by atoms with E-state index in [0.29, 0.717) is 6.04 Å². The third-order valence-electron chi connectivity index (χ3n) is 3.22. The van der Waals surface area contributed by atoms with Gasteiger partial charge in [-0.25, -0.2) is 4.79 Å². The minimum Gasteiger partial charge on any atom is -0.382 e. The summed E-state index contributed by atoms with van der Waals surface area (Å²) in [6, 6.07) is 7.69. The van der Waals surface area contributed by atoms with Gasteiger partial charge in [0.25, 0.3) is 0 Å². The Morgan fingerprint density at radius 2 is 1.88 bits per heavy atom. The summed E-state index contributed by atoms with van der Waals surface area (Å²) in [5.74, 6) is 0.823. The molecule has 2 rings (SSSR count). The van der Waals surface area contributed by atoms with Crippen molar-refractivity contribution in [3.05, 3.63) is 24.3 Å². The lowest BCUT2D eigenvalue weighted by atomic mass is 10.1. The Hall–Kier alpha value is -1.71. The molecule has 0 bridgehead atoms. The maximum absolute atomic E-state index is 10.7. The highest BCUT2D eigenvalue weighted by atomic mass is 16.2. The number of rotatable bonds is 3. The predicted octanol–water partition coefficient (Wildman–Crippen LogP) is 2.78. The maximum atomic E-state index is 10.7. The van der Waals surface area contributed by atoms with Gasteiger partial charge >= 0.3 is 6.03 Å². The third-order valence-corrected chi connectivity index (χ3v) is 3.22. The lowest BCUT2D eigenvalue weighted by molar-refractivity contribution is 0.259. The monoisotopic (exact) mass is 233 g/mol. The number of carbonyl (C=O) groups excluding carboxylic acids is 1. The molecule has 1 aliphatic rings. The van der Waals surface area contributed by atoms with E-state index in [1.807, 2.05) is 24.3 Å². The molecular weight excluding hydrogens is 214 g/mol. The summed E-state index contributed by atoms with van der Waals surface area (Å²) in [5.41, 5.74) is 6.87. The van der Waals surface area contributed by atoms with E-state index in [-0.39, 0.29) is 0 Å². The highest BCUT2D eigenvalue weighted by Crippen LogP contribution is 2.27. The largest absolute Gasteiger partial charge is 0.382 e. The molecule has 4 heteroatoms. The Labute approximate surface area is 102 Å². The van der Waals surface area contributed by atoms with Crippen molar-refractivity contribution in [2.45, 2.75) is 32.2 Å². The van der Waals surface area contributed by atoms with Gasteiger partial charge in [0, 0.05) is 17.4 Å². The highest BCUT2D eigenvalue weighted by Gasteiger charge is 2.20. The van der Waals surface area contributed by atoms with Gasteiger partial charge in [0.05, 0.1) is 0 Å². The maximum Gasteiger partial charge on any atom is 0.316 e. The lowest BCUT2D eigenvalue weighted by Crippen LogP contribution is -2.19. The molecule has 0 aliphatic heterocycles. The zero-order valence-corrected chi connectivity index (χ0v) is 10.1. The number of urea groups is 1. The molecule has 4 nitrogen and oxygen atoms in total. The zero-order chi connectivity index (χ0) is 12.3. The summed E-state index contributed by atoms with van der Waals surface area (Å²) in [6.45, 7) is 2.29. The average molecular weight is 233 g/mol. The molecular formula is C13H19N3O. The molecule has 2 amide bonds. The van der Waals surface area contributed by atoms with E-state index in [1.54, 1.807) is 0 Å². The fourth-order valence-electron chi connectivity index (χ4n) is 2.37. The number of anilines is 2. The molecule has 1 fully saturated rings. The van der Waals surface area contributed by atoms with Crippen LogP contribution in [0.5, 0.6) is 0 Å². The van der Waals surface area contributed by atoms with Crippen LogP contribution in [0.4, 0.5) is 16.2 Å². The van der Waals surface area contributed by atoms with Crippen LogP contribution in [0.3, 0.4) is 0 Å². The van der Waals surface area contributed by atoms with Gasteiger partial charge in [0.2, 0.25) is 0 Å². The lowest BCUT2D eigenvalue weighted by Gasteiger charge is -2.14. The van der Waals surface area contributed by atoms with E-state index in [1.165, 1.54) is 19.3 Å². The molecule has 0 radical (unpaired) electrons. The zero-order valence-electron chi connectivity index (χ0n) is 10.1. The Morgan fingerprint density at radius 3 is 2.41 bits per heavy atom. The van der Waals surface area contributed by atoms with Gasteiger partial charge in [-0.1, -0.05) is 6.92 Å². The molecule has 0 spiro atoms. The van der Waals surface area contributed by atoms with E-state index in [2.05, 4.69) is 17.6 Å². The van der Waals surface area contributed by atoms with Crippen molar-refractivity contribution in [3.63, 3.8) is 0 Å². The molecule has 17 heavy (non-hydrogen) atoms. The molecule has 1 aliphatic carbocycles. The van der Waals surface area contributed by atoms with E-state index < -0.39 is 6.03 Å². The van der Waals surface area contributed by atoms with Crippen molar-refractivity contribution in [1.29, 1.82) is 0 Å². The molecule has 0 saturated heterocycles. The van der Waals surface area contributed by atoms with Crippen LogP contribution >= 0.6 is 0 Å². The van der Waals surface area contributed by atoms with Crippen molar-refractivity contribution in [3.8, 4) is 0 Å². The highest BCUT2D eigenvalue weighted by molar-refractivity contribution is 5.87. The van der Waals surface area contributed by atoms with Gasteiger partial charge in [-0.2, -0.15) is 0 Å². The van der Waals surface area contributed by atoms with Gasteiger partial charge in [-0.05, 0) is 49.4 Å². The quantitative estimate of drug-likeness (QED) is 0.751. The van der Waals surface area contributed by atoms with Crippen LogP contribution in [0.2, 0.25) is 0 Å². The molecule has 1 saturated carbocycles. The Morgan fingerprint density at radius 1 is 1.24 bits per heavy atom. The van der Waals surface area contributed by atoms with E-state index in [9.17, 15) is 4.79 Å². The number of carbonyl (C=O) groups is 1. The minimum absolute atomic E-state index is 0.532. The molecule has 1 aromatic rings. The SMILES string of the molecule is CC1CCC(Nc2ccc(NC(N)=O)cc2)C1. The molecule has 0 heterocycles. The summed E-state index contributed by atoms with van der Waals surface area (Å²) in [7, 11) is 0. The van der Waals surface area contributed by atoms with Crippen molar-refractivity contribution in [2.75, 3.05) is 10.6 Å². The van der Waals surface area contributed by atoms with Crippen LogP contribution < -0.4 is 16.4 Å². The van der Waals surface area contributed by atoms with Gasteiger partial charge in [-0.3, -0.25) is 0 Å². The Balaban J connectivity index is 1.91. The fourth-order valence-corrected chi connectivity index (χ4v) is 2.37. The summed E-state index contributed by atoms with van der Waals surface area (Å²) in [4.78, 5) is 10.7. The van der Waals surface area contributed by atoms with Crippen molar-refractivity contribution < 1.29 is 4.79 Å². The van der Waals surface area contributed by atoms with Crippen LogP contribution in [0.1, 0.15) is 26.2 Å². The van der Waals surface area contributed by atoms with Crippen LogP contribution in [0.25, 0.3) is 0 Å². The number of benzene rings is 1. The van der Waals surface area contributed by atoms with Crippen LogP contribution in [-0.2, 0) is 0 Å². The third kappa shape index (κ3) is 3.37. The number of nitrogens with one attached hydrogen (secondary N) is 2. The average Bonchev–Trinajstić information content (AvgIpc) is 2.66. The van der Waals surface area contributed by atoms with E-state index >= 15 is 0 Å². The summed E-state index contributed by atoms with van der Waals surface area (Å²) in [5, 5.41) is 6.05. The standard InChI is InChI=1S/C13H19N3O/c1-9-2-3-12(8-9)15-10-4-6-11(7-5-10)16-13(14)17/h4-7,9,12,15H,2-3,8H2,1H3,(H3,14,16,17). The van der Waals surface area contributed by atoms with Gasteiger partial charge in [-0.15, -0.1) is 0 Å². The minimum atomic E-state index is -0.532. The van der Waals surface area contributed by atoms with Gasteiger partial charge < -0.3 is 16.4 Å². The summed E-state index contributed by atoms with van der Waals surface area (Å²) >= 11 is 0. The number of hydrogen-bond donors (Lipinski definition) is 3. The fraction of sp³-hybridized carbons (Fsp3) is 0.462. The Bertz CT molecular complexity index is 388. The molecule has 2 atom stereocenters. The normalized spacial score (nSPS) is 23.4. The number of nitrogens with two attached hydrogens (primary N) is 1. The van der Waals surface area contributed by atoms with Crippen molar-refractivity contribution in [2.24, 2.45) is 11.7 Å². The van der Waals surface area contributed by atoms with Crippen LogP contribution in [0.15, 0.2) is 24.3 Å². The second-order valence-electron chi connectivity index (χ2n) is 4.83. The predicted molar refractivity (Wildman–Crippen MR) is 70.1 cm³/mol. The van der Waals surface area contributed by atoms with Crippen molar-refractivity contribution >= 4 is 17.4 Å². The number of primary amides is 1. The first-order valence-electron chi connectivity index (χ1n) is 6.06. The van der Waals surface area contributed by atoms with E-state index in [4.69, 9.17) is 5.73 Å². The number of hydrogen-bond acceptors (Lipinski definition) is 2. The Kier molecular flexibility index (Phi) is 3.52. The summed E-state index contributed by atoms with van der Waals surface area (Å²) in [6.07, 6.45) is 3.78. The van der Waals surface area contributed by atoms with Gasteiger partial charge in [0.15, 0.2) is 0 Å². The first-order chi connectivity index (χ1) is 8.13. The van der Waals surface area contributed by atoms with Crippen LogP contribution in [-0.4, -0.2) is 12.1 Å². The number of amides is 2. The molecule has 1 aromatic carbocycles.